The molecule has 0 aromatic rings. The fourth-order valence-electron chi connectivity index (χ4n) is 10.4. The van der Waals surface area contributed by atoms with Crippen LogP contribution in [0.4, 0.5) is 0 Å². The van der Waals surface area contributed by atoms with Crippen LogP contribution in [0.15, 0.2) is 12.2 Å². The van der Waals surface area contributed by atoms with Crippen LogP contribution in [0.5, 0.6) is 0 Å². The van der Waals surface area contributed by atoms with Crippen LogP contribution in [0.2, 0.25) is 18.6 Å². The number of rotatable bonds is 17. The minimum absolute atomic E-state index is 0.183. The lowest BCUT2D eigenvalue weighted by molar-refractivity contribution is -1.36. The number of carbonyl (C=O) groups is 2. The molecular weight excluding hydrogens is 552 g/mol. The maximum Gasteiger partial charge on any atom is 0.482 e. The third-order valence-corrected chi connectivity index (χ3v) is 15.9. The molecule has 5 atom stereocenters. The number of ketones is 1. The monoisotopic (exact) mass is 610 g/mol. The lowest BCUT2D eigenvalue weighted by Crippen LogP contribution is -2.84. The van der Waals surface area contributed by atoms with E-state index in [1.807, 2.05) is 0 Å². The third kappa shape index (κ3) is 5.35. The molecule has 1 spiro atoms. The highest BCUT2D eigenvalue weighted by atomic mass is 28.3. The number of likely N-dealkylation sites (N-methyl/N-ethyl adjacent to an activating group) is 2. The Balaban J connectivity index is 1.04. The number of carboxylic acid groups (broad SMARTS) is 1. The number of nitrogens with zero attached hydrogens (tertiary/aromatic N) is 4. The largest absolute Gasteiger partial charge is 0.482 e. The van der Waals surface area contributed by atoms with Crippen molar-refractivity contribution in [1.82, 2.24) is 0 Å². The van der Waals surface area contributed by atoms with Crippen molar-refractivity contribution < 1.29 is 46.8 Å². The molecule has 0 radical (unpaired) electrons. The number of aliphatic carboxylic acids is 1. The molecule has 0 aromatic heterocycles. The molecule has 5 rings (SSSR count). The standard InChI is InChI=1S/C31H57N4O6Si/c1-4-33-13-11-32(2)12-14-34(17-18-35(16-15-33,27-30(37)38)31(32,33)34)26-29(36)10-9-19-39-20-21-40-22-23-41-28-42(3)24-7-5-6-8-25-42/h5-6H,4,7-28H2,1-3H3/q+3/p+1. The molecule has 0 bridgehead atoms. The van der Waals surface area contributed by atoms with E-state index in [-0.39, 0.29) is 12.5 Å². The smallest absolute Gasteiger partial charge is 0.477 e. The van der Waals surface area contributed by atoms with E-state index < -0.39 is 14.0 Å². The van der Waals surface area contributed by atoms with Crippen molar-refractivity contribution in [2.45, 2.75) is 57.2 Å². The van der Waals surface area contributed by atoms with Gasteiger partial charge in [0.2, 0.25) is 0 Å². The lowest BCUT2D eigenvalue weighted by atomic mass is 10.1. The summed E-state index contributed by atoms with van der Waals surface area (Å²) in [5.74, 6) is -0.637. The van der Waals surface area contributed by atoms with E-state index >= 15 is 0 Å². The second-order valence-electron chi connectivity index (χ2n) is 14.5. The Morgan fingerprint density at radius 2 is 1.31 bits per heavy atom. The number of Topliss-reactive ketones (excluding diaryl/α,β-unsaturated/α-hetero) is 1. The number of hydrogen-bond donors (Lipinski definition) is 1. The predicted molar refractivity (Wildman–Crippen MR) is 163 cm³/mol. The predicted octanol–water partition coefficient (Wildman–Crippen LogP) is 2.02. The van der Waals surface area contributed by atoms with E-state index in [0.29, 0.717) is 56.3 Å². The molecule has 0 aliphatic carbocycles. The Morgan fingerprint density at radius 3 is 1.93 bits per heavy atom. The molecular formula is C31H58N4O6Si+4. The van der Waals surface area contributed by atoms with Gasteiger partial charge >= 0.3 is 11.9 Å². The Kier molecular flexibility index (Phi) is 9.72. The topological polar surface area (TPSA) is 82.1 Å². The third-order valence-electron chi connectivity index (χ3n) is 12.0. The molecule has 0 saturated carbocycles. The highest BCUT2D eigenvalue weighted by Crippen LogP contribution is 2.61. The molecule has 0 amide bonds. The summed E-state index contributed by atoms with van der Waals surface area (Å²) in [6, 6.07) is 2.65. The van der Waals surface area contributed by atoms with Crippen molar-refractivity contribution in [1.29, 1.82) is 0 Å². The molecule has 4 fully saturated rings. The molecule has 0 aromatic carbocycles. The number of carboxylic acids is 1. The number of carbonyl (C=O) groups excluding carboxylic acids is 1. The van der Waals surface area contributed by atoms with Crippen LogP contribution in [-0.2, 0) is 23.8 Å². The van der Waals surface area contributed by atoms with E-state index in [9.17, 15) is 14.7 Å². The van der Waals surface area contributed by atoms with Crippen LogP contribution >= 0.6 is 0 Å². The van der Waals surface area contributed by atoms with Gasteiger partial charge in [-0.05, 0) is 26.2 Å². The molecule has 5 aliphatic heterocycles. The average molecular weight is 611 g/mol. The van der Waals surface area contributed by atoms with E-state index in [1.54, 1.807) is 0 Å². The second-order valence-corrected chi connectivity index (χ2v) is 19.4. The summed E-state index contributed by atoms with van der Waals surface area (Å²) in [5, 5.41) is 10.0. The van der Waals surface area contributed by atoms with Gasteiger partial charge in [-0.1, -0.05) is 30.8 Å². The Hall–Kier alpha value is -1.18. The first-order chi connectivity index (χ1) is 20.1. The molecule has 5 aliphatic rings. The van der Waals surface area contributed by atoms with Gasteiger partial charge in [-0.25, -0.2) is 4.79 Å². The van der Waals surface area contributed by atoms with Crippen LogP contribution < -0.4 is 0 Å². The van der Waals surface area contributed by atoms with Gasteiger partial charge in [-0.15, -0.1) is 4.48 Å². The quantitative estimate of drug-likeness (QED) is 0.118. The van der Waals surface area contributed by atoms with Gasteiger partial charge in [0.1, 0.15) is 52.4 Å². The molecule has 10 nitrogen and oxygen atoms in total. The normalized spacial score (nSPS) is 38.0. The SMILES string of the molecule is CC[N+]12CC[N+]3(C)CC[N+]4(CC(=O)CCCOCCOCCOC[Si]5(C)CCC=CCC5)CC[N+](CC(=O)O)(CC1)C324. The molecule has 238 valence electrons. The van der Waals surface area contributed by atoms with Crippen molar-refractivity contribution in [2.75, 3.05) is 118 Å². The maximum absolute atomic E-state index is 13.5. The number of hydrogen-bond acceptors (Lipinski definition) is 5. The number of quaternary nitrogens is 4. The minimum Gasteiger partial charge on any atom is -0.477 e. The van der Waals surface area contributed by atoms with Crippen molar-refractivity contribution in [3.63, 3.8) is 0 Å². The highest BCUT2D eigenvalue weighted by Gasteiger charge is 2.97. The maximum atomic E-state index is 13.5. The van der Waals surface area contributed by atoms with Crippen molar-refractivity contribution in [2.24, 2.45) is 0 Å². The first-order valence-corrected chi connectivity index (χ1v) is 19.8. The fraction of sp³-hybridized carbons (Fsp3) is 0.871. The number of ether oxygens (including phenoxy) is 3. The lowest BCUT2D eigenvalue weighted by Gasteiger charge is -2.49. The second kappa shape index (κ2) is 12.7. The number of allylic oxidation sites excluding steroid dienone is 2. The van der Waals surface area contributed by atoms with Crippen LogP contribution in [-0.4, -0.2) is 167 Å². The first kappa shape index (κ1) is 32.2. The van der Waals surface area contributed by atoms with Gasteiger partial charge in [-0.2, -0.15) is 13.4 Å². The van der Waals surface area contributed by atoms with Crippen molar-refractivity contribution in [3.8, 4) is 0 Å². The van der Waals surface area contributed by atoms with Crippen LogP contribution in [0.25, 0.3) is 0 Å². The zero-order valence-electron chi connectivity index (χ0n) is 26.7. The first-order valence-electron chi connectivity index (χ1n) is 16.7. The summed E-state index contributed by atoms with van der Waals surface area (Å²) in [4.78, 5) is 25.7. The minimum atomic E-state index is -1.26. The summed E-state index contributed by atoms with van der Waals surface area (Å²) in [6.45, 7) is 17.3. The van der Waals surface area contributed by atoms with E-state index in [4.69, 9.17) is 14.2 Å². The van der Waals surface area contributed by atoms with E-state index in [1.165, 1.54) is 24.9 Å². The fourth-order valence-corrected chi connectivity index (χ4v) is 13.3. The van der Waals surface area contributed by atoms with Gasteiger partial charge in [0.05, 0.1) is 48.1 Å². The summed E-state index contributed by atoms with van der Waals surface area (Å²) in [7, 11) is 1.11. The zero-order chi connectivity index (χ0) is 30.0. The van der Waals surface area contributed by atoms with Crippen molar-refractivity contribution in [3.05, 3.63) is 12.2 Å². The van der Waals surface area contributed by atoms with Gasteiger partial charge in [0.25, 0.3) is 0 Å². The van der Waals surface area contributed by atoms with Crippen molar-refractivity contribution >= 4 is 19.8 Å². The molecule has 42 heavy (non-hydrogen) atoms. The van der Waals surface area contributed by atoms with Gasteiger partial charge in [0, 0.05) is 19.3 Å². The van der Waals surface area contributed by atoms with Crippen LogP contribution in [0.1, 0.15) is 32.6 Å². The van der Waals surface area contributed by atoms with Crippen LogP contribution in [0.3, 0.4) is 0 Å². The van der Waals surface area contributed by atoms with Crippen LogP contribution in [0, 0.1) is 0 Å². The summed E-state index contributed by atoms with van der Waals surface area (Å²) in [6.07, 6.45) is 9.23. The average Bonchev–Trinajstić information content (AvgIpc) is 3.51. The molecule has 5 heterocycles. The van der Waals surface area contributed by atoms with Gasteiger partial charge in [0.15, 0.2) is 18.9 Å². The Bertz CT molecular complexity index is 1020. The van der Waals surface area contributed by atoms with Gasteiger partial charge in [-0.3, -0.25) is 4.79 Å². The molecule has 5 unspecified atom stereocenters. The van der Waals surface area contributed by atoms with E-state index in [0.717, 1.165) is 85.0 Å². The van der Waals surface area contributed by atoms with Gasteiger partial charge < -0.3 is 19.3 Å². The summed E-state index contributed by atoms with van der Waals surface area (Å²) >= 11 is 0. The summed E-state index contributed by atoms with van der Waals surface area (Å²) < 4.78 is 20.8. The Labute approximate surface area is 254 Å². The zero-order valence-corrected chi connectivity index (χ0v) is 27.7. The Morgan fingerprint density at radius 1 is 0.786 bits per heavy atom. The van der Waals surface area contributed by atoms with E-state index in [2.05, 4.69) is 32.7 Å². The molecule has 4 saturated heterocycles. The molecule has 1 N–H and O–H groups in total. The highest BCUT2D eigenvalue weighted by molar-refractivity contribution is 6.78. The molecule has 11 heteroatoms. The summed E-state index contributed by atoms with van der Waals surface area (Å²) in [5.41, 5.74) is 0.